The van der Waals surface area contributed by atoms with Crippen molar-refractivity contribution in [1.29, 1.82) is 0 Å². The molecule has 0 spiro atoms. The van der Waals surface area contributed by atoms with Crippen molar-refractivity contribution in [1.82, 2.24) is 5.01 Å². The third-order valence-corrected chi connectivity index (χ3v) is 2.76. The van der Waals surface area contributed by atoms with Crippen LogP contribution in [0.5, 0.6) is 0 Å². The summed E-state index contributed by atoms with van der Waals surface area (Å²) in [6.07, 6.45) is 0.476. The minimum atomic E-state index is -0.623. The van der Waals surface area contributed by atoms with Gasteiger partial charge in [0.15, 0.2) is 0 Å². The van der Waals surface area contributed by atoms with E-state index in [1.165, 1.54) is 13.1 Å². The number of hydrogen-bond acceptors (Lipinski definition) is 4. The lowest BCUT2D eigenvalue weighted by Gasteiger charge is -2.18. The Morgan fingerprint density at radius 2 is 2.16 bits per heavy atom. The van der Waals surface area contributed by atoms with Crippen molar-refractivity contribution in [3.05, 3.63) is 35.6 Å². The summed E-state index contributed by atoms with van der Waals surface area (Å²) in [6, 6.07) is 6.07. The zero-order valence-electron chi connectivity index (χ0n) is 10.4. The van der Waals surface area contributed by atoms with Crippen molar-refractivity contribution in [3.8, 4) is 0 Å². The van der Waals surface area contributed by atoms with Gasteiger partial charge >= 0.3 is 5.97 Å². The molecule has 0 fully saturated rings. The number of benzene rings is 1. The fourth-order valence-electron chi connectivity index (χ4n) is 1.66. The molecule has 0 N–H and O–H groups in total. The average molecular weight is 264 g/mol. The molecule has 1 aliphatic rings. The molecule has 1 heterocycles. The van der Waals surface area contributed by atoms with Crippen LogP contribution in [0.1, 0.15) is 18.4 Å². The van der Waals surface area contributed by atoms with E-state index < -0.39 is 11.8 Å². The minimum Gasteiger partial charge on any atom is -0.456 e. The molecule has 0 aliphatic carbocycles. The first-order chi connectivity index (χ1) is 9.08. The van der Waals surface area contributed by atoms with E-state index in [2.05, 4.69) is 5.10 Å². The van der Waals surface area contributed by atoms with E-state index in [0.29, 0.717) is 5.56 Å². The van der Waals surface area contributed by atoms with Crippen LogP contribution in [0.2, 0.25) is 0 Å². The monoisotopic (exact) mass is 264 g/mol. The quantitative estimate of drug-likeness (QED) is 0.777. The lowest BCUT2D eigenvalue weighted by Crippen LogP contribution is -2.32. The SMILES string of the molecule is CN1N=C(C(=O)OCc2ccccc2F)CCC1=O. The van der Waals surface area contributed by atoms with Crippen LogP contribution in [-0.2, 0) is 20.9 Å². The summed E-state index contributed by atoms with van der Waals surface area (Å²) in [7, 11) is 1.48. The van der Waals surface area contributed by atoms with E-state index >= 15 is 0 Å². The van der Waals surface area contributed by atoms with Crippen LogP contribution in [0, 0.1) is 5.82 Å². The summed E-state index contributed by atoms with van der Waals surface area (Å²) in [6.45, 7) is -0.151. The number of esters is 1. The molecular formula is C13H13FN2O3. The Bertz CT molecular complexity index is 542. The fourth-order valence-corrected chi connectivity index (χ4v) is 1.66. The van der Waals surface area contributed by atoms with Gasteiger partial charge in [-0.15, -0.1) is 0 Å². The summed E-state index contributed by atoms with van der Waals surface area (Å²) in [5.74, 6) is -1.19. The topological polar surface area (TPSA) is 59.0 Å². The Hall–Kier alpha value is -2.24. The third-order valence-electron chi connectivity index (χ3n) is 2.76. The number of nitrogens with zero attached hydrogens (tertiary/aromatic N) is 2. The first-order valence-corrected chi connectivity index (χ1v) is 5.82. The molecule has 5 nitrogen and oxygen atoms in total. The van der Waals surface area contributed by atoms with Crippen LogP contribution in [0.25, 0.3) is 0 Å². The van der Waals surface area contributed by atoms with Crippen LogP contribution in [0.3, 0.4) is 0 Å². The van der Waals surface area contributed by atoms with E-state index in [9.17, 15) is 14.0 Å². The molecule has 2 rings (SSSR count). The van der Waals surface area contributed by atoms with Gasteiger partial charge in [0.1, 0.15) is 18.1 Å². The van der Waals surface area contributed by atoms with Crippen molar-refractivity contribution >= 4 is 17.6 Å². The van der Waals surface area contributed by atoms with Gasteiger partial charge < -0.3 is 4.74 Å². The van der Waals surface area contributed by atoms with E-state index in [0.717, 1.165) is 5.01 Å². The molecule has 0 atom stereocenters. The van der Waals surface area contributed by atoms with E-state index in [4.69, 9.17) is 4.74 Å². The van der Waals surface area contributed by atoms with Crippen LogP contribution in [0.4, 0.5) is 4.39 Å². The molecule has 0 unspecified atom stereocenters. The number of carbonyl (C=O) groups excluding carboxylic acids is 2. The van der Waals surface area contributed by atoms with E-state index in [1.807, 2.05) is 0 Å². The predicted molar refractivity (Wildman–Crippen MR) is 65.6 cm³/mol. The van der Waals surface area contributed by atoms with Crippen LogP contribution < -0.4 is 0 Å². The maximum Gasteiger partial charge on any atom is 0.354 e. The molecule has 1 amide bonds. The Labute approximate surface area is 109 Å². The predicted octanol–water partition coefficient (Wildman–Crippen LogP) is 1.48. The molecule has 0 saturated heterocycles. The van der Waals surface area contributed by atoms with Crippen LogP contribution in [0.15, 0.2) is 29.4 Å². The first-order valence-electron chi connectivity index (χ1n) is 5.82. The lowest BCUT2D eigenvalue weighted by atomic mass is 10.2. The van der Waals surface area contributed by atoms with Crippen LogP contribution in [-0.4, -0.2) is 29.6 Å². The third kappa shape index (κ3) is 3.15. The second-order valence-corrected chi connectivity index (χ2v) is 4.13. The number of rotatable bonds is 3. The second kappa shape index (κ2) is 5.60. The zero-order valence-corrected chi connectivity index (χ0v) is 10.4. The highest BCUT2D eigenvalue weighted by Crippen LogP contribution is 2.11. The summed E-state index contributed by atoms with van der Waals surface area (Å²) >= 11 is 0. The molecule has 0 aromatic heterocycles. The second-order valence-electron chi connectivity index (χ2n) is 4.13. The lowest BCUT2D eigenvalue weighted by molar-refractivity contribution is -0.137. The van der Waals surface area contributed by atoms with Crippen molar-refractivity contribution in [2.45, 2.75) is 19.4 Å². The Balaban J connectivity index is 1.97. The average Bonchev–Trinajstić information content (AvgIpc) is 2.40. The molecule has 6 heteroatoms. The normalized spacial score (nSPS) is 15.2. The maximum absolute atomic E-state index is 13.3. The molecule has 19 heavy (non-hydrogen) atoms. The van der Waals surface area contributed by atoms with Gasteiger partial charge in [0.2, 0.25) is 5.91 Å². The molecule has 100 valence electrons. The van der Waals surface area contributed by atoms with Gasteiger partial charge in [-0.05, 0) is 6.07 Å². The van der Waals surface area contributed by atoms with Gasteiger partial charge in [-0.1, -0.05) is 18.2 Å². The fraction of sp³-hybridized carbons (Fsp3) is 0.308. The number of halogens is 1. The van der Waals surface area contributed by atoms with E-state index in [1.54, 1.807) is 18.2 Å². The van der Waals surface area contributed by atoms with Gasteiger partial charge in [0, 0.05) is 25.5 Å². The number of hydrogen-bond donors (Lipinski definition) is 0. The van der Waals surface area contributed by atoms with Gasteiger partial charge in [0.05, 0.1) is 0 Å². The highest BCUT2D eigenvalue weighted by molar-refractivity contribution is 6.37. The van der Waals surface area contributed by atoms with Gasteiger partial charge in [-0.3, -0.25) is 4.79 Å². The number of carbonyl (C=O) groups is 2. The zero-order chi connectivity index (χ0) is 13.8. The molecule has 0 saturated carbocycles. The number of hydrazone groups is 1. The van der Waals surface area contributed by atoms with Crippen LogP contribution >= 0.6 is 0 Å². The van der Waals surface area contributed by atoms with Crippen molar-refractivity contribution in [2.24, 2.45) is 5.10 Å². The first kappa shape index (κ1) is 13.2. The Morgan fingerprint density at radius 3 is 2.84 bits per heavy atom. The Kier molecular flexibility index (Phi) is 3.89. The Morgan fingerprint density at radius 1 is 1.42 bits per heavy atom. The minimum absolute atomic E-state index is 0.148. The molecule has 0 radical (unpaired) electrons. The van der Waals surface area contributed by atoms with Crippen molar-refractivity contribution < 1.29 is 18.7 Å². The number of ether oxygens (including phenoxy) is 1. The van der Waals surface area contributed by atoms with Gasteiger partial charge in [0.25, 0.3) is 0 Å². The summed E-state index contributed by atoms with van der Waals surface area (Å²) in [5.41, 5.74) is 0.482. The highest BCUT2D eigenvalue weighted by atomic mass is 19.1. The number of amides is 1. The largest absolute Gasteiger partial charge is 0.456 e. The smallest absolute Gasteiger partial charge is 0.354 e. The summed E-state index contributed by atoms with van der Waals surface area (Å²) in [5, 5.41) is 4.94. The molecule has 1 aromatic carbocycles. The molecular weight excluding hydrogens is 251 g/mol. The van der Waals surface area contributed by atoms with Gasteiger partial charge in [-0.2, -0.15) is 5.10 Å². The van der Waals surface area contributed by atoms with Crippen molar-refractivity contribution in [3.63, 3.8) is 0 Å². The van der Waals surface area contributed by atoms with E-state index in [-0.39, 0.29) is 31.1 Å². The maximum atomic E-state index is 13.3. The summed E-state index contributed by atoms with van der Waals surface area (Å²) < 4.78 is 18.3. The van der Waals surface area contributed by atoms with Crippen molar-refractivity contribution in [2.75, 3.05) is 7.05 Å². The molecule has 1 aromatic rings. The highest BCUT2D eigenvalue weighted by Gasteiger charge is 2.23. The standard InChI is InChI=1S/C13H13FN2O3/c1-16-12(17)7-6-11(15-16)13(18)19-8-9-4-2-3-5-10(9)14/h2-5H,6-8H2,1H3. The van der Waals surface area contributed by atoms with Gasteiger partial charge in [-0.25, -0.2) is 14.2 Å². The molecule has 1 aliphatic heterocycles. The molecule has 0 bridgehead atoms. The summed E-state index contributed by atoms with van der Waals surface area (Å²) in [4.78, 5) is 22.9.